The molecule has 1 aliphatic carbocycles. The van der Waals surface area contributed by atoms with E-state index >= 15 is 0 Å². The summed E-state index contributed by atoms with van der Waals surface area (Å²) >= 11 is 1.25. The summed E-state index contributed by atoms with van der Waals surface area (Å²) in [6.45, 7) is 3.76. The predicted octanol–water partition coefficient (Wildman–Crippen LogP) is 1.54. The van der Waals surface area contributed by atoms with Gasteiger partial charge in [-0.3, -0.25) is 4.79 Å². The highest BCUT2D eigenvalue weighted by Crippen LogP contribution is 2.36. The van der Waals surface area contributed by atoms with Crippen LogP contribution < -0.4 is 11.1 Å². The van der Waals surface area contributed by atoms with Gasteiger partial charge in [-0.05, 0) is 38.7 Å². The number of rotatable bonds is 3. The summed E-state index contributed by atoms with van der Waals surface area (Å²) in [6, 6.07) is 0. The average Bonchev–Trinajstić information content (AvgIpc) is 2.76. The maximum atomic E-state index is 12.5. The molecule has 6 nitrogen and oxygen atoms in total. The Morgan fingerprint density at radius 2 is 2.14 bits per heavy atom. The molecule has 2 aromatic heterocycles. The van der Waals surface area contributed by atoms with Crippen molar-refractivity contribution in [2.24, 2.45) is 0 Å². The van der Waals surface area contributed by atoms with Gasteiger partial charge in [0.15, 0.2) is 0 Å². The van der Waals surface area contributed by atoms with Gasteiger partial charge < -0.3 is 16.2 Å². The van der Waals surface area contributed by atoms with Crippen LogP contribution in [-0.2, 0) is 0 Å². The second-order valence-corrected chi connectivity index (χ2v) is 6.68. The first kappa shape index (κ1) is 14.2. The first-order valence-corrected chi connectivity index (χ1v) is 7.74. The lowest BCUT2D eigenvalue weighted by molar-refractivity contribution is 0.0646. The molecule has 2 heterocycles. The number of amides is 1. The highest BCUT2D eigenvalue weighted by atomic mass is 32.1. The van der Waals surface area contributed by atoms with Crippen LogP contribution in [0.25, 0.3) is 10.2 Å². The molecule has 1 aliphatic rings. The number of aliphatic hydroxyl groups excluding tert-OH is 1. The topological polar surface area (TPSA) is 101 Å². The lowest BCUT2D eigenvalue weighted by Crippen LogP contribution is -2.56. The fraction of sp³-hybridized carbons (Fsp3) is 0.500. The molecule has 2 aromatic rings. The number of fused-ring (bicyclic) bond motifs is 1. The molecule has 0 aromatic carbocycles. The third-order valence-electron chi connectivity index (χ3n) is 4.33. The molecule has 0 bridgehead atoms. The Hall–Kier alpha value is -1.73. The molecular formula is C14H18N4O2S. The van der Waals surface area contributed by atoms with Crippen molar-refractivity contribution in [3.05, 3.63) is 16.1 Å². The van der Waals surface area contributed by atoms with E-state index in [1.165, 1.54) is 11.3 Å². The molecule has 1 amide bonds. The van der Waals surface area contributed by atoms with Crippen LogP contribution in [0.2, 0.25) is 0 Å². The Morgan fingerprint density at radius 1 is 1.43 bits per heavy atom. The molecule has 1 fully saturated rings. The van der Waals surface area contributed by atoms with Crippen molar-refractivity contribution in [2.45, 2.75) is 38.6 Å². The first-order valence-electron chi connectivity index (χ1n) is 6.93. The second kappa shape index (κ2) is 4.92. The summed E-state index contributed by atoms with van der Waals surface area (Å²) in [5.41, 5.74) is 7.89. The van der Waals surface area contributed by atoms with Gasteiger partial charge in [-0.2, -0.15) is 5.10 Å². The molecule has 0 unspecified atom stereocenters. The van der Waals surface area contributed by atoms with Crippen molar-refractivity contribution in [1.82, 2.24) is 15.5 Å². The van der Waals surface area contributed by atoms with Crippen LogP contribution in [0, 0.1) is 13.8 Å². The Morgan fingerprint density at radius 3 is 2.71 bits per heavy atom. The molecule has 1 saturated carbocycles. The van der Waals surface area contributed by atoms with Crippen molar-refractivity contribution in [1.29, 1.82) is 0 Å². The third-order valence-corrected chi connectivity index (χ3v) is 5.42. The maximum Gasteiger partial charge on any atom is 0.264 e. The van der Waals surface area contributed by atoms with E-state index in [1.54, 1.807) is 0 Å². The molecule has 0 saturated heterocycles. The zero-order valence-electron chi connectivity index (χ0n) is 12.1. The van der Waals surface area contributed by atoms with Crippen LogP contribution in [0.15, 0.2) is 0 Å². The van der Waals surface area contributed by atoms with Crippen LogP contribution >= 0.6 is 11.3 Å². The van der Waals surface area contributed by atoms with E-state index in [2.05, 4.69) is 15.5 Å². The number of hydrogen-bond donors (Lipinski definition) is 3. The lowest BCUT2D eigenvalue weighted by Gasteiger charge is -2.40. The fourth-order valence-electron chi connectivity index (χ4n) is 2.63. The minimum Gasteiger partial charge on any atom is -0.397 e. The highest BCUT2D eigenvalue weighted by Gasteiger charge is 2.38. The van der Waals surface area contributed by atoms with E-state index in [-0.39, 0.29) is 12.5 Å². The number of aliphatic hydroxyl groups is 1. The van der Waals surface area contributed by atoms with Crippen molar-refractivity contribution >= 4 is 33.1 Å². The van der Waals surface area contributed by atoms with Gasteiger partial charge in [0.05, 0.1) is 23.5 Å². The highest BCUT2D eigenvalue weighted by molar-refractivity contribution is 7.21. The largest absolute Gasteiger partial charge is 0.397 e. The SMILES string of the molecule is Cc1nnc2sc(C(=O)NC3(CO)CCC3)c(N)c2c1C. The molecule has 112 valence electrons. The van der Waals surface area contributed by atoms with E-state index in [0.717, 1.165) is 35.9 Å². The second-order valence-electron chi connectivity index (χ2n) is 5.68. The van der Waals surface area contributed by atoms with Gasteiger partial charge in [0.1, 0.15) is 9.71 Å². The molecule has 3 rings (SSSR count). The number of carbonyl (C=O) groups excluding carboxylic acids is 1. The zero-order valence-corrected chi connectivity index (χ0v) is 12.9. The van der Waals surface area contributed by atoms with Crippen molar-refractivity contribution in [3.63, 3.8) is 0 Å². The number of nitrogens with one attached hydrogen (secondary N) is 1. The Kier molecular flexibility index (Phi) is 3.33. The number of nitrogens with two attached hydrogens (primary N) is 1. The summed E-state index contributed by atoms with van der Waals surface area (Å²) in [5.74, 6) is -0.235. The van der Waals surface area contributed by atoms with Gasteiger partial charge in [-0.15, -0.1) is 16.4 Å². The smallest absolute Gasteiger partial charge is 0.264 e. The number of hydrogen-bond acceptors (Lipinski definition) is 6. The number of nitrogen functional groups attached to an aromatic ring is 1. The summed E-state index contributed by atoms with van der Waals surface area (Å²) < 4.78 is 0. The van der Waals surface area contributed by atoms with E-state index in [1.807, 2.05) is 13.8 Å². The Bertz CT molecular complexity index is 716. The maximum absolute atomic E-state index is 12.5. The molecular weight excluding hydrogens is 288 g/mol. The molecule has 7 heteroatoms. The van der Waals surface area contributed by atoms with Gasteiger partial charge in [-0.1, -0.05) is 0 Å². The monoisotopic (exact) mass is 306 g/mol. The van der Waals surface area contributed by atoms with Crippen LogP contribution in [0.3, 0.4) is 0 Å². The number of aromatic nitrogens is 2. The van der Waals surface area contributed by atoms with Gasteiger partial charge >= 0.3 is 0 Å². The Labute approximate surface area is 126 Å². The van der Waals surface area contributed by atoms with Crippen molar-refractivity contribution < 1.29 is 9.90 Å². The minimum atomic E-state index is -0.476. The predicted molar refractivity (Wildman–Crippen MR) is 82.4 cm³/mol. The lowest BCUT2D eigenvalue weighted by atomic mass is 9.77. The van der Waals surface area contributed by atoms with Crippen LogP contribution in [0.4, 0.5) is 5.69 Å². The quantitative estimate of drug-likeness (QED) is 0.798. The Balaban J connectivity index is 1.99. The number of nitrogens with zero attached hydrogens (tertiary/aromatic N) is 2. The van der Waals surface area contributed by atoms with Gasteiger partial charge in [-0.25, -0.2) is 0 Å². The summed E-state index contributed by atoms with van der Waals surface area (Å²) in [6.07, 6.45) is 2.63. The number of anilines is 1. The summed E-state index contributed by atoms with van der Waals surface area (Å²) in [5, 5.41) is 21.4. The van der Waals surface area contributed by atoms with Crippen molar-refractivity contribution in [3.8, 4) is 0 Å². The summed E-state index contributed by atoms with van der Waals surface area (Å²) in [4.78, 5) is 13.6. The minimum absolute atomic E-state index is 0.0402. The average molecular weight is 306 g/mol. The van der Waals surface area contributed by atoms with E-state index in [4.69, 9.17) is 5.73 Å². The number of thiophene rings is 1. The fourth-order valence-corrected chi connectivity index (χ4v) is 3.63. The van der Waals surface area contributed by atoms with Crippen LogP contribution in [0.1, 0.15) is 40.2 Å². The van der Waals surface area contributed by atoms with E-state index in [9.17, 15) is 9.90 Å². The molecule has 0 radical (unpaired) electrons. The normalized spacial score (nSPS) is 16.7. The van der Waals surface area contributed by atoms with E-state index in [0.29, 0.717) is 15.4 Å². The summed E-state index contributed by atoms with van der Waals surface area (Å²) in [7, 11) is 0. The van der Waals surface area contributed by atoms with Crippen LogP contribution in [-0.4, -0.2) is 33.4 Å². The molecule has 4 N–H and O–H groups in total. The van der Waals surface area contributed by atoms with Crippen LogP contribution in [0.5, 0.6) is 0 Å². The number of aryl methyl sites for hydroxylation is 2. The molecule has 0 spiro atoms. The zero-order chi connectivity index (χ0) is 15.2. The van der Waals surface area contributed by atoms with Crippen molar-refractivity contribution in [2.75, 3.05) is 12.3 Å². The molecule has 0 aliphatic heterocycles. The number of carbonyl (C=O) groups is 1. The first-order chi connectivity index (χ1) is 9.97. The van der Waals surface area contributed by atoms with Gasteiger partial charge in [0.2, 0.25) is 0 Å². The van der Waals surface area contributed by atoms with Gasteiger partial charge in [0, 0.05) is 5.39 Å². The molecule has 21 heavy (non-hydrogen) atoms. The molecule has 0 atom stereocenters. The third kappa shape index (κ3) is 2.16. The van der Waals surface area contributed by atoms with E-state index < -0.39 is 5.54 Å². The van der Waals surface area contributed by atoms with Gasteiger partial charge in [0.25, 0.3) is 5.91 Å². The standard InChI is InChI=1S/C14H18N4O2S/c1-7-8(2)17-18-13-9(7)10(15)11(21-13)12(20)16-14(6-19)4-3-5-14/h19H,3-6,15H2,1-2H3,(H,16,20).